The molecule has 98 valence electrons. The third-order valence-electron chi connectivity index (χ3n) is 2.19. The molecule has 3 nitrogen and oxygen atoms in total. The first-order chi connectivity index (χ1) is 8.35. The summed E-state index contributed by atoms with van der Waals surface area (Å²) in [6.07, 6.45) is -5.10. The maximum Gasteiger partial charge on any atom is 0.390 e. The molecule has 0 aliphatic rings. The minimum absolute atomic E-state index is 0.0267. The highest BCUT2D eigenvalue weighted by atomic mass is 35.5. The number of nitrogens with zero attached hydrogens (tertiary/aromatic N) is 2. The van der Waals surface area contributed by atoms with Crippen LogP contribution in [-0.4, -0.2) is 22.7 Å². The Bertz CT molecular complexity index is 567. The van der Waals surface area contributed by atoms with Gasteiger partial charge in [0.2, 0.25) is 5.28 Å². The number of nitrogens with one attached hydrogen (secondary N) is 1. The van der Waals surface area contributed by atoms with Gasteiger partial charge in [-0.3, -0.25) is 0 Å². The van der Waals surface area contributed by atoms with Crippen LogP contribution in [0.2, 0.25) is 5.28 Å². The molecule has 0 radical (unpaired) electrons. The van der Waals surface area contributed by atoms with Crippen LogP contribution < -0.4 is 5.32 Å². The van der Waals surface area contributed by atoms with E-state index in [1.54, 1.807) is 0 Å². The molecule has 0 fully saturated rings. The Hall–Kier alpha value is -1.08. The molecule has 0 aliphatic carbocycles. The van der Waals surface area contributed by atoms with Gasteiger partial charge in [0, 0.05) is 11.4 Å². The van der Waals surface area contributed by atoms with E-state index < -0.39 is 12.6 Å². The van der Waals surface area contributed by atoms with Crippen molar-refractivity contribution >= 4 is 39.0 Å². The van der Waals surface area contributed by atoms with E-state index in [0.29, 0.717) is 16.0 Å². The number of halogens is 4. The van der Waals surface area contributed by atoms with Gasteiger partial charge >= 0.3 is 6.18 Å². The SMILES string of the molecule is Cc1cc2c(NCCC(F)(F)F)nc(Cl)nc2s1. The molecule has 0 saturated heterocycles. The van der Waals surface area contributed by atoms with E-state index in [-0.39, 0.29) is 11.8 Å². The quantitative estimate of drug-likeness (QED) is 0.869. The molecule has 8 heteroatoms. The molecular weight excluding hydrogens is 287 g/mol. The summed E-state index contributed by atoms with van der Waals surface area (Å²) in [4.78, 5) is 9.61. The maximum absolute atomic E-state index is 12.1. The zero-order valence-corrected chi connectivity index (χ0v) is 10.9. The molecular formula is C10H9ClF3N3S. The van der Waals surface area contributed by atoms with Crippen LogP contribution in [0.4, 0.5) is 19.0 Å². The number of thiophene rings is 1. The number of aryl methyl sites for hydroxylation is 1. The molecule has 0 amide bonds. The smallest absolute Gasteiger partial charge is 0.369 e. The standard InChI is InChI=1S/C10H9ClF3N3S/c1-5-4-6-7(15-3-2-10(12,13)14)16-9(11)17-8(6)18-5/h4H,2-3H2,1H3,(H,15,16,17). The Kier molecular flexibility index (Phi) is 3.63. The topological polar surface area (TPSA) is 37.8 Å². The number of hydrogen-bond donors (Lipinski definition) is 1. The molecule has 2 rings (SSSR count). The number of rotatable bonds is 3. The summed E-state index contributed by atoms with van der Waals surface area (Å²) in [6, 6.07) is 1.83. The molecule has 0 aliphatic heterocycles. The number of anilines is 1. The predicted molar refractivity (Wildman–Crippen MR) is 66.3 cm³/mol. The molecule has 0 saturated carbocycles. The second-order valence-corrected chi connectivity index (χ2v) is 5.28. The van der Waals surface area contributed by atoms with Crippen molar-refractivity contribution in [3.63, 3.8) is 0 Å². The van der Waals surface area contributed by atoms with Gasteiger partial charge in [-0.2, -0.15) is 13.2 Å². The molecule has 1 N–H and O–H groups in total. The van der Waals surface area contributed by atoms with Crippen LogP contribution in [0.15, 0.2) is 6.07 Å². The van der Waals surface area contributed by atoms with Gasteiger partial charge in [0.05, 0.1) is 11.8 Å². The zero-order valence-electron chi connectivity index (χ0n) is 9.31. The van der Waals surface area contributed by atoms with E-state index in [0.717, 1.165) is 4.88 Å². The fourth-order valence-corrected chi connectivity index (χ4v) is 2.57. The van der Waals surface area contributed by atoms with Crippen molar-refractivity contribution in [2.75, 3.05) is 11.9 Å². The van der Waals surface area contributed by atoms with Crippen LogP contribution in [0.1, 0.15) is 11.3 Å². The average molecular weight is 296 g/mol. The highest BCUT2D eigenvalue weighted by molar-refractivity contribution is 7.18. The largest absolute Gasteiger partial charge is 0.390 e. The van der Waals surface area contributed by atoms with E-state index in [1.165, 1.54) is 11.3 Å². The van der Waals surface area contributed by atoms with Crippen LogP contribution in [0.5, 0.6) is 0 Å². The molecule has 0 bridgehead atoms. The maximum atomic E-state index is 12.1. The van der Waals surface area contributed by atoms with E-state index in [1.807, 2.05) is 13.0 Å². The van der Waals surface area contributed by atoms with Crippen molar-refractivity contribution in [2.24, 2.45) is 0 Å². The molecule has 2 aromatic rings. The third kappa shape index (κ3) is 3.23. The Morgan fingerprint density at radius 1 is 1.39 bits per heavy atom. The number of hydrogen-bond acceptors (Lipinski definition) is 4. The second kappa shape index (κ2) is 4.89. The normalized spacial score (nSPS) is 12.1. The Labute approximate surface area is 110 Å². The van der Waals surface area contributed by atoms with Crippen LogP contribution >= 0.6 is 22.9 Å². The minimum atomic E-state index is -4.19. The zero-order chi connectivity index (χ0) is 13.3. The molecule has 2 heterocycles. The van der Waals surface area contributed by atoms with Crippen LogP contribution in [0, 0.1) is 6.92 Å². The average Bonchev–Trinajstić information content (AvgIpc) is 2.56. The fourth-order valence-electron chi connectivity index (χ4n) is 1.47. The van der Waals surface area contributed by atoms with Crippen LogP contribution in [-0.2, 0) is 0 Å². The molecule has 0 unspecified atom stereocenters. The van der Waals surface area contributed by atoms with E-state index in [2.05, 4.69) is 15.3 Å². The van der Waals surface area contributed by atoms with Gasteiger partial charge in [0.15, 0.2) is 0 Å². The molecule has 0 aromatic carbocycles. The lowest BCUT2D eigenvalue weighted by atomic mass is 10.3. The van der Waals surface area contributed by atoms with Gasteiger partial charge in [0.25, 0.3) is 0 Å². The summed E-state index contributed by atoms with van der Waals surface area (Å²) in [5.74, 6) is 0.346. The van der Waals surface area contributed by atoms with Crippen molar-refractivity contribution in [1.82, 2.24) is 9.97 Å². The molecule has 0 spiro atoms. The van der Waals surface area contributed by atoms with Crippen LogP contribution in [0.3, 0.4) is 0 Å². The van der Waals surface area contributed by atoms with E-state index in [9.17, 15) is 13.2 Å². The fraction of sp³-hybridized carbons (Fsp3) is 0.400. The van der Waals surface area contributed by atoms with Gasteiger partial charge in [-0.15, -0.1) is 11.3 Å². The van der Waals surface area contributed by atoms with E-state index in [4.69, 9.17) is 11.6 Å². The first-order valence-corrected chi connectivity index (χ1v) is 6.29. The lowest BCUT2D eigenvalue weighted by Crippen LogP contribution is -2.15. The first kappa shape index (κ1) is 13.4. The lowest BCUT2D eigenvalue weighted by molar-refractivity contribution is -0.131. The Morgan fingerprint density at radius 3 is 2.78 bits per heavy atom. The summed E-state index contributed by atoms with van der Waals surface area (Å²) in [5, 5.41) is 3.37. The lowest BCUT2D eigenvalue weighted by Gasteiger charge is -2.09. The van der Waals surface area contributed by atoms with E-state index >= 15 is 0 Å². The molecule has 18 heavy (non-hydrogen) atoms. The van der Waals surface area contributed by atoms with Crippen molar-refractivity contribution in [3.8, 4) is 0 Å². The summed E-state index contributed by atoms with van der Waals surface area (Å²) in [6.45, 7) is 1.65. The Morgan fingerprint density at radius 2 is 2.11 bits per heavy atom. The summed E-state index contributed by atoms with van der Waals surface area (Å²) in [7, 11) is 0. The highest BCUT2D eigenvalue weighted by Gasteiger charge is 2.26. The minimum Gasteiger partial charge on any atom is -0.369 e. The summed E-state index contributed by atoms with van der Waals surface area (Å²) < 4.78 is 36.2. The number of fused-ring (bicyclic) bond motifs is 1. The van der Waals surface area contributed by atoms with Gasteiger partial charge < -0.3 is 5.32 Å². The van der Waals surface area contributed by atoms with Gasteiger partial charge in [-0.25, -0.2) is 9.97 Å². The summed E-state index contributed by atoms with van der Waals surface area (Å²) in [5.41, 5.74) is 0. The second-order valence-electron chi connectivity index (χ2n) is 3.71. The number of alkyl halides is 3. The van der Waals surface area contributed by atoms with Crippen molar-refractivity contribution < 1.29 is 13.2 Å². The predicted octanol–water partition coefficient (Wildman–Crippen LogP) is 4.02. The van der Waals surface area contributed by atoms with Gasteiger partial charge in [-0.05, 0) is 24.6 Å². The molecule has 2 aromatic heterocycles. The van der Waals surface area contributed by atoms with Crippen molar-refractivity contribution in [3.05, 3.63) is 16.2 Å². The highest BCUT2D eigenvalue weighted by Crippen LogP contribution is 2.29. The van der Waals surface area contributed by atoms with Crippen LogP contribution in [0.25, 0.3) is 10.2 Å². The van der Waals surface area contributed by atoms with Crippen molar-refractivity contribution in [2.45, 2.75) is 19.5 Å². The van der Waals surface area contributed by atoms with Gasteiger partial charge in [0.1, 0.15) is 10.6 Å². The molecule has 0 atom stereocenters. The monoisotopic (exact) mass is 295 g/mol. The van der Waals surface area contributed by atoms with Gasteiger partial charge in [-0.1, -0.05) is 0 Å². The summed E-state index contributed by atoms with van der Waals surface area (Å²) >= 11 is 7.15. The van der Waals surface area contributed by atoms with Crippen molar-refractivity contribution in [1.29, 1.82) is 0 Å². The third-order valence-corrected chi connectivity index (χ3v) is 3.30. The first-order valence-electron chi connectivity index (χ1n) is 5.09. The number of aromatic nitrogens is 2. The Balaban J connectivity index is 2.21.